The number of nitrogens with zero attached hydrogens (tertiary/aromatic N) is 6. The maximum Gasteiger partial charge on any atom is 0.205 e. The van der Waals surface area contributed by atoms with Crippen LogP contribution in [-0.4, -0.2) is 36.2 Å². The van der Waals surface area contributed by atoms with Crippen LogP contribution in [0.5, 0.6) is 0 Å². The van der Waals surface area contributed by atoms with Crippen molar-refractivity contribution in [3.63, 3.8) is 0 Å². The zero-order valence-corrected chi connectivity index (χ0v) is 10.8. The van der Waals surface area contributed by atoms with Crippen molar-refractivity contribution in [2.45, 2.75) is 0 Å². The van der Waals surface area contributed by atoms with E-state index in [0.29, 0.717) is 17.1 Å². The highest BCUT2D eigenvalue weighted by Gasteiger charge is 2.13. The van der Waals surface area contributed by atoms with Crippen LogP contribution in [-0.2, 0) is 0 Å². The number of rotatable bonds is 3. The van der Waals surface area contributed by atoms with Crippen LogP contribution < -0.4 is 5.73 Å². The van der Waals surface area contributed by atoms with Crippen LogP contribution >= 0.6 is 0 Å². The molecule has 8 heteroatoms. The first-order valence-electron chi connectivity index (χ1n) is 6.07. The molecule has 0 atom stereocenters. The molecule has 0 saturated heterocycles. The molecule has 3 aromatic rings. The first kappa shape index (κ1) is 12.7. The molecule has 0 aliphatic carbocycles. The number of tetrazole rings is 1. The van der Waals surface area contributed by atoms with Gasteiger partial charge in [0.05, 0.1) is 11.8 Å². The Morgan fingerprint density at radius 1 is 1.19 bits per heavy atom. The van der Waals surface area contributed by atoms with E-state index in [1.807, 2.05) is 30.3 Å². The van der Waals surface area contributed by atoms with Gasteiger partial charge < -0.3 is 10.9 Å². The summed E-state index contributed by atoms with van der Waals surface area (Å²) < 4.78 is 0. The summed E-state index contributed by atoms with van der Waals surface area (Å²) in [5.74, 6) is 0.427. The number of aromatic nitrogens is 5. The molecule has 0 amide bonds. The second-order valence-electron chi connectivity index (χ2n) is 4.15. The fraction of sp³-hybridized carbons (Fsp3) is 0. The fourth-order valence-corrected chi connectivity index (χ4v) is 1.84. The van der Waals surface area contributed by atoms with Crippen molar-refractivity contribution in [1.29, 1.82) is 0 Å². The van der Waals surface area contributed by atoms with E-state index in [9.17, 15) is 0 Å². The van der Waals surface area contributed by atoms with Crippen molar-refractivity contribution < 1.29 is 5.21 Å². The number of nitrogens with two attached hydrogens (primary N) is 1. The third-order valence-electron chi connectivity index (χ3n) is 2.84. The SMILES string of the molecule is N/C(=N/O)c1ccncc1-n1nnc(-c2ccccc2)n1. The van der Waals surface area contributed by atoms with Crippen molar-refractivity contribution in [3.05, 3.63) is 54.4 Å². The minimum Gasteiger partial charge on any atom is -0.409 e. The van der Waals surface area contributed by atoms with Crippen molar-refractivity contribution in [1.82, 2.24) is 25.2 Å². The molecule has 2 heterocycles. The van der Waals surface area contributed by atoms with Gasteiger partial charge in [0.15, 0.2) is 5.84 Å². The van der Waals surface area contributed by atoms with Crippen molar-refractivity contribution in [3.8, 4) is 17.1 Å². The lowest BCUT2D eigenvalue weighted by atomic mass is 10.2. The van der Waals surface area contributed by atoms with Gasteiger partial charge in [0.1, 0.15) is 5.69 Å². The van der Waals surface area contributed by atoms with E-state index in [-0.39, 0.29) is 5.84 Å². The van der Waals surface area contributed by atoms with Crippen molar-refractivity contribution in [2.24, 2.45) is 10.9 Å². The number of hydrogen-bond acceptors (Lipinski definition) is 6. The molecule has 3 N–H and O–H groups in total. The fourth-order valence-electron chi connectivity index (χ4n) is 1.84. The third-order valence-corrected chi connectivity index (χ3v) is 2.84. The lowest BCUT2D eigenvalue weighted by Gasteiger charge is -2.04. The minimum absolute atomic E-state index is 0.0500. The summed E-state index contributed by atoms with van der Waals surface area (Å²) in [5.41, 5.74) is 7.42. The predicted molar refractivity (Wildman–Crippen MR) is 74.9 cm³/mol. The highest BCUT2D eigenvalue weighted by atomic mass is 16.4. The topological polar surface area (TPSA) is 115 Å². The molecule has 104 valence electrons. The van der Waals surface area contributed by atoms with Gasteiger partial charge in [-0.1, -0.05) is 35.5 Å². The Morgan fingerprint density at radius 3 is 2.76 bits per heavy atom. The molecular weight excluding hydrogens is 270 g/mol. The molecule has 0 fully saturated rings. The Balaban J connectivity index is 2.05. The number of hydrogen-bond donors (Lipinski definition) is 2. The Hall–Kier alpha value is -3.29. The lowest BCUT2D eigenvalue weighted by molar-refractivity contribution is 0.318. The first-order chi connectivity index (χ1) is 10.3. The summed E-state index contributed by atoms with van der Waals surface area (Å²) in [5, 5.41) is 24.1. The smallest absolute Gasteiger partial charge is 0.205 e. The predicted octanol–water partition coefficient (Wildman–Crippen LogP) is 0.819. The lowest BCUT2D eigenvalue weighted by Crippen LogP contribution is -2.17. The molecule has 21 heavy (non-hydrogen) atoms. The maximum absolute atomic E-state index is 8.82. The Morgan fingerprint density at radius 2 is 2.00 bits per heavy atom. The average molecular weight is 281 g/mol. The second kappa shape index (κ2) is 5.37. The van der Waals surface area contributed by atoms with Gasteiger partial charge in [-0.3, -0.25) is 4.98 Å². The molecule has 0 saturated carbocycles. The molecule has 0 aliphatic heterocycles. The van der Waals surface area contributed by atoms with Crippen LogP contribution in [0.15, 0.2) is 53.9 Å². The zero-order chi connectivity index (χ0) is 14.7. The van der Waals surface area contributed by atoms with Gasteiger partial charge >= 0.3 is 0 Å². The van der Waals surface area contributed by atoms with E-state index < -0.39 is 0 Å². The molecule has 2 aromatic heterocycles. The van der Waals surface area contributed by atoms with Gasteiger partial charge in [0, 0.05) is 11.8 Å². The van der Waals surface area contributed by atoms with E-state index >= 15 is 0 Å². The summed E-state index contributed by atoms with van der Waals surface area (Å²) in [6.45, 7) is 0. The summed E-state index contributed by atoms with van der Waals surface area (Å²) >= 11 is 0. The van der Waals surface area contributed by atoms with Crippen LogP contribution in [0, 0.1) is 0 Å². The van der Waals surface area contributed by atoms with Crippen LogP contribution in [0.2, 0.25) is 0 Å². The van der Waals surface area contributed by atoms with E-state index in [1.54, 1.807) is 6.07 Å². The first-order valence-corrected chi connectivity index (χ1v) is 6.07. The monoisotopic (exact) mass is 281 g/mol. The summed E-state index contributed by atoms with van der Waals surface area (Å²) in [7, 11) is 0. The number of benzene rings is 1. The normalized spacial score (nSPS) is 11.5. The highest BCUT2D eigenvalue weighted by Crippen LogP contribution is 2.15. The average Bonchev–Trinajstić information content (AvgIpc) is 3.05. The molecule has 0 bridgehead atoms. The van der Waals surface area contributed by atoms with E-state index in [0.717, 1.165) is 5.56 Å². The molecule has 1 aromatic carbocycles. The number of pyridine rings is 1. The Bertz CT molecular complexity index is 782. The van der Waals surface area contributed by atoms with Gasteiger partial charge in [0.25, 0.3) is 0 Å². The van der Waals surface area contributed by atoms with Gasteiger partial charge in [-0.05, 0) is 11.3 Å². The number of amidine groups is 1. The Kier molecular flexibility index (Phi) is 3.26. The van der Waals surface area contributed by atoms with E-state index in [1.165, 1.54) is 17.2 Å². The summed E-state index contributed by atoms with van der Waals surface area (Å²) in [4.78, 5) is 5.29. The summed E-state index contributed by atoms with van der Waals surface area (Å²) in [6, 6.07) is 11.1. The number of oxime groups is 1. The Labute approximate surface area is 119 Å². The van der Waals surface area contributed by atoms with Crippen LogP contribution in [0.4, 0.5) is 0 Å². The molecule has 3 rings (SSSR count). The molecule has 8 nitrogen and oxygen atoms in total. The summed E-state index contributed by atoms with van der Waals surface area (Å²) in [6.07, 6.45) is 3.05. The molecule has 0 radical (unpaired) electrons. The van der Waals surface area contributed by atoms with Gasteiger partial charge in [-0.15, -0.1) is 15.0 Å². The molecule has 0 spiro atoms. The van der Waals surface area contributed by atoms with Crippen molar-refractivity contribution >= 4 is 5.84 Å². The quantitative estimate of drug-likeness (QED) is 0.318. The van der Waals surface area contributed by atoms with Gasteiger partial charge in [-0.2, -0.15) is 0 Å². The molecule has 0 aliphatic rings. The van der Waals surface area contributed by atoms with E-state index in [4.69, 9.17) is 10.9 Å². The molecule has 0 unspecified atom stereocenters. The van der Waals surface area contributed by atoms with Crippen LogP contribution in [0.1, 0.15) is 5.56 Å². The largest absolute Gasteiger partial charge is 0.409 e. The van der Waals surface area contributed by atoms with Gasteiger partial charge in [-0.25, -0.2) is 0 Å². The highest BCUT2D eigenvalue weighted by molar-refractivity contribution is 6.00. The molecular formula is C13H11N7O. The minimum atomic E-state index is -0.0500. The van der Waals surface area contributed by atoms with Crippen LogP contribution in [0.25, 0.3) is 17.1 Å². The van der Waals surface area contributed by atoms with E-state index in [2.05, 4.69) is 25.6 Å². The third kappa shape index (κ3) is 2.41. The standard InChI is InChI=1S/C13H11N7O/c14-12(18-21)10-6-7-15-8-11(10)20-17-13(16-19-20)9-4-2-1-3-5-9/h1-8,21H,(H2,14,18). The zero-order valence-electron chi connectivity index (χ0n) is 10.8. The second-order valence-corrected chi connectivity index (χ2v) is 4.15. The van der Waals surface area contributed by atoms with Crippen molar-refractivity contribution in [2.75, 3.05) is 0 Å². The van der Waals surface area contributed by atoms with Gasteiger partial charge in [0.2, 0.25) is 5.82 Å². The maximum atomic E-state index is 8.82. The van der Waals surface area contributed by atoms with Crippen LogP contribution in [0.3, 0.4) is 0 Å².